The second kappa shape index (κ2) is 13.9. The summed E-state index contributed by atoms with van der Waals surface area (Å²) >= 11 is 0. The lowest BCUT2D eigenvalue weighted by Gasteiger charge is -2.31. The maximum Gasteiger partial charge on any atom is 0.242 e. The fourth-order valence-electron chi connectivity index (χ4n) is 4.08. The molecule has 0 unspecified atom stereocenters. The van der Waals surface area contributed by atoms with Crippen LogP contribution >= 0.6 is 0 Å². The van der Waals surface area contributed by atoms with Gasteiger partial charge in [0.2, 0.25) is 21.8 Å². The number of carbonyl (C=O) groups is 2. The van der Waals surface area contributed by atoms with Crippen molar-refractivity contribution in [3.05, 3.63) is 59.7 Å². The van der Waals surface area contributed by atoms with Crippen LogP contribution in [0.1, 0.15) is 51.2 Å². The van der Waals surface area contributed by atoms with Crippen molar-refractivity contribution in [2.45, 2.75) is 59.0 Å². The normalized spacial score (nSPS) is 12.0. The Hall–Kier alpha value is -3.07. The predicted molar refractivity (Wildman–Crippen MR) is 144 cm³/mol. The molecule has 8 nitrogen and oxygen atoms in total. The number of anilines is 1. The SMILES string of the molecule is CCNC(=O)[C@H](CC)N(Cc1cccc(OC)c1)C(=O)CCCN(c1ccc(CC)cc1)S(C)(=O)=O. The number of sulfonamides is 1. The molecule has 0 bridgehead atoms. The number of amides is 2. The van der Waals surface area contributed by atoms with Gasteiger partial charge < -0.3 is 15.0 Å². The number of nitrogens with zero attached hydrogens (tertiary/aromatic N) is 2. The molecule has 2 aromatic rings. The highest BCUT2D eigenvalue weighted by atomic mass is 32.2. The number of hydrogen-bond donors (Lipinski definition) is 1. The molecule has 1 atom stereocenters. The molecule has 0 spiro atoms. The largest absolute Gasteiger partial charge is 0.497 e. The molecule has 0 fully saturated rings. The van der Waals surface area contributed by atoms with Gasteiger partial charge in [-0.25, -0.2) is 8.42 Å². The van der Waals surface area contributed by atoms with E-state index in [9.17, 15) is 18.0 Å². The number of methoxy groups -OCH3 is 1. The van der Waals surface area contributed by atoms with Gasteiger partial charge in [0.1, 0.15) is 11.8 Å². The summed E-state index contributed by atoms with van der Waals surface area (Å²) in [4.78, 5) is 27.8. The first-order valence-electron chi connectivity index (χ1n) is 12.4. The zero-order valence-corrected chi connectivity index (χ0v) is 22.8. The van der Waals surface area contributed by atoms with Gasteiger partial charge in [-0.15, -0.1) is 0 Å². The Morgan fingerprint density at radius 2 is 1.72 bits per heavy atom. The summed E-state index contributed by atoms with van der Waals surface area (Å²) in [6.45, 7) is 6.64. The topological polar surface area (TPSA) is 96.0 Å². The molecule has 0 aliphatic rings. The van der Waals surface area contributed by atoms with Crippen LogP contribution in [0.4, 0.5) is 5.69 Å². The van der Waals surface area contributed by atoms with Crippen LogP contribution in [-0.2, 0) is 32.6 Å². The van der Waals surface area contributed by atoms with E-state index in [1.807, 2.05) is 57.2 Å². The van der Waals surface area contributed by atoms with Crippen molar-refractivity contribution in [1.82, 2.24) is 10.2 Å². The van der Waals surface area contributed by atoms with Crippen LogP contribution in [0.15, 0.2) is 48.5 Å². The third-order valence-electron chi connectivity index (χ3n) is 6.01. The molecule has 198 valence electrons. The Bertz CT molecular complexity index is 1100. The molecule has 0 saturated heterocycles. The molecule has 0 aromatic heterocycles. The summed E-state index contributed by atoms with van der Waals surface area (Å²) in [6.07, 6.45) is 2.92. The molecule has 2 aromatic carbocycles. The van der Waals surface area contributed by atoms with Crippen molar-refractivity contribution in [3.63, 3.8) is 0 Å². The first-order valence-corrected chi connectivity index (χ1v) is 14.3. The van der Waals surface area contributed by atoms with Gasteiger partial charge in [-0.2, -0.15) is 0 Å². The van der Waals surface area contributed by atoms with Gasteiger partial charge in [0.05, 0.1) is 19.1 Å². The smallest absolute Gasteiger partial charge is 0.242 e. The van der Waals surface area contributed by atoms with Crippen LogP contribution in [0, 0.1) is 0 Å². The van der Waals surface area contributed by atoms with Crippen LogP contribution in [0.2, 0.25) is 0 Å². The molecule has 0 saturated carbocycles. The van der Waals surface area contributed by atoms with E-state index in [0.717, 1.165) is 17.5 Å². The average molecular weight is 518 g/mol. The van der Waals surface area contributed by atoms with Gasteiger partial charge in [-0.3, -0.25) is 13.9 Å². The molecule has 1 N–H and O–H groups in total. The first kappa shape index (κ1) is 29.2. The highest BCUT2D eigenvalue weighted by Gasteiger charge is 2.28. The third-order valence-corrected chi connectivity index (χ3v) is 7.20. The Morgan fingerprint density at radius 1 is 1.03 bits per heavy atom. The number of hydrogen-bond acceptors (Lipinski definition) is 5. The fraction of sp³-hybridized carbons (Fsp3) is 0.481. The molecule has 0 aliphatic carbocycles. The predicted octanol–water partition coefficient (Wildman–Crippen LogP) is 3.75. The highest BCUT2D eigenvalue weighted by Crippen LogP contribution is 2.21. The lowest BCUT2D eigenvalue weighted by molar-refractivity contribution is -0.141. The van der Waals surface area contributed by atoms with Crippen LogP contribution in [0.3, 0.4) is 0 Å². The summed E-state index contributed by atoms with van der Waals surface area (Å²) < 4.78 is 31.6. The van der Waals surface area contributed by atoms with Crippen molar-refractivity contribution in [3.8, 4) is 5.75 Å². The monoisotopic (exact) mass is 517 g/mol. The van der Waals surface area contributed by atoms with Crippen LogP contribution in [-0.4, -0.2) is 57.6 Å². The summed E-state index contributed by atoms with van der Waals surface area (Å²) in [6, 6.07) is 14.2. The lowest BCUT2D eigenvalue weighted by Crippen LogP contribution is -2.49. The maximum absolute atomic E-state index is 13.4. The van der Waals surface area contributed by atoms with Gasteiger partial charge >= 0.3 is 0 Å². The Labute approximate surface area is 215 Å². The third kappa shape index (κ3) is 8.26. The number of aryl methyl sites for hydroxylation is 1. The number of rotatable bonds is 14. The average Bonchev–Trinajstić information content (AvgIpc) is 2.86. The summed E-state index contributed by atoms with van der Waals surface area (Å²) in [5, 5.41) is 2.82. The molecule has 0 heterocycles. The minimum Gasteiger partial charge on any atom is -0.497 e. The van der Waals surface area contributed by atoms with Gasteiger partial charge in [0.15, 0.2) is 0 Å². The van der Waals surface area contributed by atoms with E-state index in [0.29, 0.717) is 30.8 Å². The van der Waals surface area contributed by atoms with Gasteiger partial charge in [0.25, 0.3) is 0 Å². The van der Waals surface area contributed by atoms with Gasteiger partial charge in [-0.05, 0) is 61.6 Å². The summed E-state index contributed by atoms with van der Waals surface area (Å²) in [5.74, 6) is 0.263. The molecule has 2 amide bonds. The molecule has 0 aliphatic heterocycles. The quantitative estimate of drug-likeness (QED) is 0.412. The van der Waals surface area contributed by atoms with E-state index in [1.165, 1.54) is 10.6 Å². The van der Waals surface area contributed by atoms with Crippen molar-refractivity contribution in [1.29, 1.82) is 0 Å². The molecular formula is C27H39N3O5S. The van der Waals surface area contributed by atoms with E-state index in [-0.39, 0.29) is 31.3 Å². The Morgan fingerprint density at radius 3 is 2.28 bits per heavy atom. The van der Waals surface area contributed by atoms with Crippen molar-refractivity contribution < 1.29 is 22.7 Å². The Balaban J connectivity index is 2.21. The summed E-state index contributed by atoms with van der Waals surface area (Å²) in [5.41, 5.74) is 2.54. The van der Waals surface area contributed by atoms with Crippen LogP contribution in [0.25, 0.3) is 0 Å². The number of nitrogens with one attached hydrogen (secondary N) is 1. The van der Waals surface area contributed by atoms with E-state index >= 15 is 0 Å². The summed E-state index contributed by atoms with van der Waals surface area (Å²) in [7, 11) is -1.95. The van der Waals surface area contributed by atoms with E-state index in [1.54, 1.807) is 24.1 Å². The molecular weight excluding hydrogens is 478 g/mol. The number of ether oxygens (including phenoxy) is 1. The van der Waals surface area contributed by atoms with Crippen molar-refractivity contribution in [2.24, 2.45) is 0 Å². The van der Waals surface area contributed by atoms with Gasteiger partial charge in [-0.1, -0.05) is 38.1 Å². The fourth-order valence-corrected chi connectivity index (χ4v) is 5.05. The lowest BCUT2D eigenvalue weighted by atomic mass is 10.1. The molecule has 36 heavy (non-hydrogen) atoms. The van der Waals surface area contributed by atoms with Gasteiger partial charge in [0, 0.05) is 26.1 Å². The van der Waals surface area contributed by atoms with E-state index < -0.39 is 16.1 Å². The maximum atomic E-state index is 13.4. The van der Waals surface area contributed by atoms with Crippen LogP contribution < -0.4 is 14.4 Å². The van der Waals surface area contributed by atoms with Crippen molar-refractivity contribution >= 4 is 27.5 Å². The second-order valence-electron chi connectivity index (χ2n) is 8.65. The molecule has 2 rings (SSSR count). The van der Waals surface area contributed by atoms with Crippen LogP contribution in [0.5, 0.6) is 5.75 Å². The minimum atomic E-state index is -3.52. The molecule has 9 heteroatoms. The number of benzene rings is 2. The van der Waals surface area contributed by atoms with E-state index in [4.69, 9.17) is 4.74 Å². The van der Waals surface area contributed by atoms with Crippen molar-refractivity contribution in [2.75, 3.05) is 30.8 Å². The second-order valence-corrected chi connectivity index (χ2v) is 10.6. The molecule has 0 radical (unpaired) electrons. The minimum absolute atomic E-state index is 0.110. The van der Waals surface area contributed by atoms with E-state index in [2.05, 4.69) is 5.32 Å². The number of likely N-dealkylation sites (N-methyl/N-ethyl adjacent to an activating group) is 1. The standard InChI is InChI=1S/C27H39N3O5S/c1-6-21-14-16-23(17-15-21)30(36(5,33)34)18-10-13-26(31)29(25(7-2)27(32)28-8-3)20-22-11-9-12-24(19-22)35-4/h9,11-12,14-17,19,25H,6-8,10,13,18,20H2,1-5H3,(H,28,32)/t25-/m0/s1. The highest BCUT2D eigenvalue weighted by molar-refractivity contribution is 7.92. The number of carbonyl (C=O) groups excluding carboxylic acids is 2. The zero-order valence-electron chi connectivity index (χ0n) is 22.0. The zero-order chi connectivity index (χ0) is 26.7. The Kier molecular flexibility index (Phi) is 11.2. The first-order chi connectivity index (χ1) is 17.1.